The van der Waals surface area contributed by atoms with Crippen LogP contribution in [-0.2, 0) is 18.4 Å². The molecule has 2 N–H and O–H groups in total. The van der Waals surface area contributed by atoms with Gasteiger partial charge in [-0.25, -0.2) is 0 Å². The minimum absolute atomic E-state index is 0.00318. The van der Waals surface area contributed by atoms with Gasteiger partial charge in [-0.3, -0.25) is 9.36 Å². The highest BCUT2D eigenvalue weighted by atomic mass is 31.2. The molecule has 90 heavy (non-hydrogen) atoms. The quantitative estimate of drug-likeness (QED) is 0.0272. The first-order valence-electron chi connectivity index (χ1n) is 41.1. The van der Waals surface area contributed by atoms with Gasteiger partial charge in [-0.15, -0.1) is 0 Å². The second kappa shape index (κ2) is 72.5. The molecule has 0 heterocycles. The van der Waals surface area contributed by atoms with Crippen molar-refractivity contribution >= 4 is 13.7 Å². The van der Waals surface area contributed by atoms with Gasteiger partial charge in [0.1, 0.15) is 13.2 Å². The van der Waals surface area contributed by atoms with E-state index in [1.807, 2.05) is 27.2 Å². The van der Waals surface area contributed by atoms with Gasteiger partial charge >= 0.3 is 0 Å². The number of aliphatic hydroxyl groups excluding tert-OH is 1. The van der Waals surface area contributed by atoms with E-state index in [1.54, 1.807) is 6.08 Å². The molecule has 8 nitrogen and oxygen atoms in total. The number of phosphoric acid groups is 1. The first kappa shape index (κ1) is 89.2. The van der Waals surface area contributed by atoms with Crippen molar-refractivity contribution in [1.29, 1.82) is 0 Å². The van der Waals surface area contributed by atoms with E-state index in [0.717, 1.165) is 38.5 Å². The van der Waals surface area contributed by atoms with Crippen molar-refractivity contribution in [3.05, 3.63) is 12.2 Å². The molecule has 538 valence electrons. The standard InChI is InChI=1S/C81H163N2O6P/c1-6-8-10-12-14-16-18-20-22-24-26-28-30-32-34-36-38-39-40-41-42-43-44-45-47-49-51-53-55-57-59-61-63-65-67-69-71-73-75-81(85)82-79(78-89-90(86,87)88-77-76-83(3,4)5)80(84)74-72-70-68-66-64-62-60-58-56-54-52-50-48-46-37-35-33-31-29-27-25-23-21-19-17-15-13-11-9-7-2/h72,74,79-80,84H,6-71,73,75-78H2,1-5H3,(H-,82,85,86,87)/b74-72+. The number of likely N-dealkylation sites (N-methyl/N-ethyl adjacent to an activating group) is 1. The fourth-order valence-electron chi connectivity index (χ4n) is 13.2. The Bertz CT molecular complexity index is 1470. The van der Waals surface area contributed by atoms with Gasteiger partial charge in [-0.05, 0) is 19.3 Å². The number of carbonyl (C=O) groups excluding carboxylic acids is 1. The fraction of sp³-hybridized carbons (Fsp3) is 0.963. The summed E-state index contributed by atoms with van der Waals surface area (Å²) in [7, 11) is 1.29. The van der Waals surface area contributed by atoms with Crippen molar-refractivity contribution in [1.82, 2.24) is 5.32 Å². The van der Waals surface area contributed by atoms with Gasteiger partial charge in [0.15, 0.2) is 0 Å². The SMILES string of the molecule is CCCCCCCCCCCCCCCCCCCCCCCCCCCCCC/C=C/C(O)C(COP(=O)([O-])OCC[N+](C)(C)C)NC(=O)CCCCCCCCCCCCCCCCCCCCCCCCCCCCCCCCCCCCCCCC. The Kier molecular flexibility index (Phi) is 71.9. The number of nitrogens with zero attached hydrogens (tertiary/aromatic N) is 1. The normalized spacial score (nSPS) is 13.5. The molecule has 9 heteroatoms. The number of hydrogen-bond acceptors (Lipinski definition) is 6. The van der Waals surface area contributed by atoms with Crippen LogP contribution in [-0.4, -0.2) is 68.5 Å². The molecule has 0 aliphatic carbocycles. The van der Waals surface area contributed by atoms with Crippen molar-refractivity contribution in [2.24, 2.45) is 0 Å². The Morgan fingerprint density at radius 2 is 0.600 bits per heavy atom. The van der Waals surface area contributed by atoms with Gasteiger partial charge < -0.3 is 28.8 Å². The number of amides is 1. The van der Waals surface area contributed by atoms with Crippen LogP contribution in [0.5, 0.6) is 0 Å². The summed E-state index contributed by atoms with van der Waals surface area (Å²) in [6.45, 7) is 4.74. The zero-order chi connectivity index (χ0) is 65.5. The number of carbonyl (C=O) groups is 1. The van der Waals surface area contributed by atoms with E-state index in [4.69, 9.17) is 9.05 Å². The third-order valence-electron chi connectivity index (χ3n) is 19.5. The summed E-state index contributed by atoms with van der Waals surface area (Å²) < 4.78 is 23.5. The summed E-state index contributed by atoms with van der Waals surface area (Å²) >= 11 is 0. The number of nitrogens with one attached hydrogen (secondary N) is 1. The highest BCUT2D eigenvalue weighted by Gasteiger charge is 2.23. The average Bonchev–Trinajstić information content (AvgIpc) is 3.39. The Morgan fingerprint density at radius 3 is 0.833 bits per heavy atom. The van der Waals surface area contributed by atoms with Gasteiger partial charge in [0.2, 0.25) is 5.91 Å². The molecule has 0 saturated heterocycles. The van der Waals surface area contributed by atoms with Crippen LogP contribution in [0.15, 0.2) is 12.2 Å². The zero-order valence-corrected chi connectivity index (χ0v) is 62.8. The molecule has 0 rings (SSSR count). The average molecular weight is 1290 g/mol. The van der Waals surface area contributed by atoms with Crippen LogP contribution in [0, 0.1) is 0 Å². The van der Waals surface area contributed by atoms with Crippen molar-refractivity contribution < 1.29 is 32.9 Å². The second-order valence-corrected chi connectivity index (χ2v) is 31.3. The first-order chi connectivity index (χ1) is 44.0. The molecule has 0 aromatic rings. The molecular formula is C81H163N2O6P. The monoisotopic (exact) mass is 1290 g/mol. The Hall–Kier alpha value is -0.760. The lowest BCUT2D eigenvalue weighted by atomic mass is 10.0. The van der Waals surface area contributed by atoms with E-state index >= 15 is 0 Å². The number of rotatable bonds is 78. The van der Waals surface area contributed by atoms with Crippen molar-refractivity contribution in [3.8, 4) is 0 Å². The minimum Gasteiger partial charge on any atom is -0.756 e. The lowest BCUT2D eigenvalue weighted by molar-refractivity contribution is -0.870. The largest absolute Gasteiger partial charge is 0.756 e. The molecule has 0 fully saturated rings. The molecular weight excluding hydrogens is 1130 g/mol. The second-order valence-electron chi connectivity index (χ2n) is 29.8. The van der Waals surface area contributed by atoms with Crippen LogP contribution in [0.25, 0.3) is 0 Å². The molecule has 0 radical (unpaired) electrons. The predicted octanol–water partition coefficient (Wildman–Crippen LogP) is 26.2. The third kappa shape index (κ3) is 74.6. The van der Waals surface area contributed by atoms with Crippen LogP contribution >= 0.6 is 7.82 Å². The molecule has 0 aromatic carbocycles. The molecule has 0 spiro atoms. The highest BCUT2D eigenvalue weighted by Crippen LogP contribution is 2.38. The van der Waals surface area contributed by atoms with Crippen LogP contribution in [0.3, 0.4) is 0 Å². The smallest absolute Gasteiger partial charge is 0.268 e. The van der Waals surface area contributed by atoms with E-state index in [9.17, 15) is 19.4 Å². The molecule has 0 saturated carbocycles. The van der Waals surface area contributed by atoms with E-state index in [2.05, 4.69) is 19.2 Å². The maximum atomic E-state index is 13.1. The number of allylic oxidation sites excluding steroid dienone is 1. The molecule has 0 aromatic heterocycles. The highest BCUT2D eigenvalue weighted by molar-refractivity contribution is 7.45. The van der Waals surface area contributed by atoms with Crippen LogP contribution in [0.1, 0.15) is 450 Å². The number of aliphatic hydroxyl groups is 1. The molecule has 1 amide bonds. The summed E-state index contributed by atoms with van der Waals surface area (Å²) in [5.41, 5.74) is 0. The van der Waals surface area contributed by atoms with Crippen molar-refractivity contribution in [2.75, 3.05) is 40.9 Å². The van der Waals surface area contributed by atoms with Crippen LogP contribution in [0.4, 0.5) is 0 Å². The fourth-order valence-corrected chi connectivity index (χ4v) is 13.9. The molecule has 0 aliphatic rings. The van der Waals surface area contributed by atoms with Crippen LogP contribution < -0.4 is 10.2 Å². The minimum atomic E-state index is -4.60. The van der Waals surface area contributed by atoms with E-state index in [-0.39, 0.29) is 19.1 Å². The maximum absolute atomic E-state index is 13.1. The third-order valence-corrected chi connectivity index (χ3v) is 20.5. The lowest BCUT2D eigenvalue weighted by Crippen LogP contribution is -2.45. The van der Waals surface area contributed by atoms with Gasteiger partial charge in [0.25, 0.3) is 7.82 Å². The summed E-state index contributed by atoms with van der Waals surface area (Å²) in [4.78, 5) is 25.7. The van der Waals surface area contributed by atoms with E-state index < -0.39 is 20.0 Å². The topological polar surface area (TPSA) is 108 Å². The van der Waals surface area contributed by atoms with Crippen molar-refractivity contribution in [3.63, 3.8) is 0 Å². The van der Waals surface area contributed by atoms with Gasteiger partial charge in [-0.2, -0.15) is 0 Å². The lowest BCUT2D eigenvalue weighted by Gasteiger charge is -2.29. The van der Waals surface area contributed by atoms with Crippen molar-refractivity contribution in [2.45, 2.75) is 463 Å². The van der Waals surface area contributed by atoms with Gasteiger partial charge in [0.05, 0.1) is 39.9 Å². The zero-order valence-electron chi connectivity index (χ0n) is 61.9. The summed E-state index contributed by atoms with van der Waals surface area (Å²) in [5, 5.41) is 14.0. The molecule has 0 bridgehead atoms. The predicted molar refractivity (Wildman–Crippen MR) is 395 cm³/mol. The van der Waals surface area contributed by atoms with E-state index in [0.29, 0.717) is 17.4 Å². The Balaban J connectivity index is 3.90. The van der Waals surface area contributed by atoms with E-state index in [1.165, 1.54) is 392 Å². The van der Waals surface area contributed by atoms with Gasteiger partial charge in [-0.1, -0.05) is 437 Å². The Morgan fingerprint density at radius 1 is 0.378 bits per heavy atom. The maximum Gasteiger partial charge on any atom is 0.268 e. The Labute approximate surface area is 564 Å². The number of phosphoric ester groups is 1. The summed E-state index contributed by atoms with van der Waals surface area (Å²) in [6.07, 6.45) is 95.4. The number of unbranched alkanes of at least 4 members (excludes halogenated alkanes) is 65. The number of hydrogen-bond donors (Lipinski definition) is 2. The summed E-state index contributed by atoms with van der Waals surface area (Å²) in [6, 6.07) is -0.885. The summed E-state index contributed by atoms with van der Waals surface area (Å²) in [5.74, 6) is -0.185. The molecule has 3 unspecified atom stereocenters. The van der Waals surface area contributed by atoms with Gasteiger partial charge in [0, 0.05) is 6.42 Å². The van der Waals surface area contributed by atoms with Crippen LogP contribution in [0.2, 0.25) is 0 Å². The first-order valence-corrected chi connectivity index (χ1v) is 42.5. The molecule has 3 atom stereocenters. The number of quaternary nitrogens is 1. The molecule has 0 aliphatic heterocycles.